The number of hydrogen-bond acceptors (Lipinski definition) is 6. The quantitative estimate of drug-likeness (QED) is 0.353. The molecular formula is C29H19BN6. The number of benzene rings is 2. The molecule has 6 nitrogen and oxygen atoms in total. The van der Waals surface area contributed by atoms with Gasteiger partial charge < -0.3 is 4.81 Å². The van der Waals surface area contributed by atoms with Crippen molar-refractivity contribution in [1.82, 2.24) is 24.9 Å². The minimum absolute atomic E-state index is 0.159. The van der Waals surface area contributed by atoms with E-state index in [1.165, 1.54) is 16.6 Å². The Morgan fingerprint density at radius 1 is 0.583 bits per heavy atom. The largest absolute Gasteiger partial charge is 0.383 e. The van der Waals surface area contributed by atoms with Crippen LogP contribution in [-0.2, 0) is 0 Å². The molecule has 36 heavy (non-hydrogen) atoms. The fraction of sp³-hybridized carbons (Fsp3) is 0. The Kier molecular flexibility index (Phi) is 4.77. The second-order valence-electron chi connectivity index (χ2n) is 8.68. The lowest BCUT2D eigenvalue weighted by Crippen LogP contribution is -2.49. The van der Waals surface area contributed by atoms with Crippen molar-refractivity contribution in [3.63, 3.8) is 0 Å². The molecule has 0 spiro atoms. The van der Waals surface area contributed by atoms with E-state index in [0.717, 1.165) is 22.4 Å². The molecule has 0 radical (unpaired) electrons. The molecule has 7 heteroatoms. The third-order valence-corrected chi connectivity index (χ3v) is 6.57. The van der Waals surface area contributed by atoms with Gasteiger partial charge in [-0.3, -0.25) is 9.97 Å². The molecule has 2 aliphatic rings. The van der Waals surface area contributed by atoms with E-state index in [1.807, 2.05) is 24.3 Å². The minimum atomic E-state index is 0.159. The molecule has 5 aromatic rings. The molecule has 3 aromatic heterocycles. The standard InChI is InChI=1S/C29H19BN6/c1-2-6-25-23(5-1)24-8-7-22(19-26(24)36-18-4-3-13-30(25)36)29-34-27(20-9-14-31-15-10-20)33-28(35-29)21-11-16-32-17-12-21/h1-19H. The summed E-state index contributed by atoms with van der Waals surface area (Å²) in [6.07, 6.45) is 13.3. The van der Waals surface area contributed by atoms with Crippen LogP contribution in [0.25, 0.3) is 45.3 Å². The van der Waals surface area contributed by atoms with Gasteiger partial charge in [-0.05, 0) is 53.6 Å². The highest BCUT2D eigenvalue weighted by Gasteiger charge is 2.32. The molecule has 0 saturated carbocycles. The third kappa shape index (κ3) is 3.41. The van der Waals surface area contributed by atoms with E-state index < -0.39 is 0 Å². The summed E-state index contributed by atoms with van der Waals surface area (Å²) in [6.45, 7) is 0.159. The third-order valence-electron chi connectivity index (χ3n) is 6.57. The van der Waals surface area contributed by atoms with Gasteiger partial charge in [0.2, 0.25) is 0 Å². The van der Waals surface area contributed by atoms with Crippen molar-refractivity contribution in [2.24, 2.45) is 0 Å². The maximum Gasteiger partial charge on any atom is 0.320 e. The van der Waals surface area contributed by atoms with Crippen molar-refractivity contribution in [2.75, 3.05) is 4.81 Å². The lowest BCUT2D eigenvalue weighted by molar-refractivity contribution is 1.07. The van der Waals surface area contributed by atoms with Crippen molar-refractivity contribution in [3.8, 4) is 45.3 Å². The van der Waals surface area contributed by atoms with Crippen molar-refractivity contribution < 1.29 is 0 Å². The van der Waals surface area contributed by atoms with E-state index in [2.05, 4.69) is 81.6 Å². The number of pyridine rings is 2. The van der Waals surface area contributed by atoms with Crippen LogP contribution < -0.4 is 10.3 Å². The van der Waals surface area contributed by atoms with Crippen molar-refractivity contribution in [1.29, 1.82) is 0 Å². The van der Waals surface area contributed by atoms with Gasteiger partial charge in [-0.2, -0.15) is 0 Å². The van der Waals surface area contributed by atoms with Crippen LogP contribution in [0.2, 0.25) is 0 Å². The zero-order chi connectivity index (χ0) is 23.9. The van der Waals surface area contributed by atoms with Crippen LogP contribution in [0.4, 0.5) is 5.69 Å². The number of hydrogen-bond donors (Lipinski definition) is 0. The number of nitrogens with zero attached hydrogens (tertiary/aromatic N) is 6. The summed E-state index contributed by atoms with van der Waals surface area (Å²) in [4.78, 5) is 25.1. The van der Waals surface area contributed by atoms with Crippen LogP contribution in [0.5, 0.6) is 0 Å². The molecule has 0 fully saturated rings. The fourth-order valence-electron chi connectivity index (χ4n) is 4.86. The molecule has 0 atom stereocenters. The van der Waals surface area contributed by atoms with Crippen LogP contribution in [0.3, 0.4) is 0 Å². The molecule has 2 aromatic carbocycles. The van der Waals surface area contributed by atoms with Gasteiger partial charge in [0.05, 0.1) is 0 Å². The van der Waals surface area contributed by atoms with Gasteiger partial charge in [0, 0.05) is 52.7 Å². The summed E-state index contributed by atoms with van der Waals surface area (Å²) >= 11 is 0. The number of aromatic nitrogens is 5. The predicted octanol–water partition coefficient (Wildman–Crippen LogP) is 4.97. The van der Waals surface area contributed by atoms with Crippen molar-refractivity contribution in [2.45, 2.75) is 0 Å². The summed E-state index contributed by atoms with van der Waals surface area (Å²) in [5.41, 5.74) is 7.60. The van der Waals surface area contributed by atoms with Crippen molar-refractivity contribution >= 4 is 18.0 Å². The second-order valence-corrected chi connectivity index (χ2v) is 8.68. The number of anilines is 1. The smallest absolute Gasteiger partial charge is 0.320 e. The zero-order valence-corrected chi connectivity index (χ0v) is 19.2. The Balaban J connectivity index is 1.42. The maximum absolute atomic E-state index is 4.88. The SMILES string of the molecule is C1=CB2c3ccccc3-c3ccc(-c4nc(-c5ccncc5)nc(-c5ccncc5)n4)cc3N2C=C1. The lowest BCUT2D eigenvalue weighted by Gasteiger charge is -2.36. The molecule has 7 rings (SSSR count). The first-order chi connectivity index (χ1) is 17.8. The van der Waals surface area contributed by atoms with Crippen LogP contribution >= 0.6 is 0 Å². The van der Waals surface area contributed by atoms with Crippen LogP contribution in [0, 0.1) is 0 Å². The number of allylic oxidation sites excluding steroid dienone is 2. The summed E-state index contributed by atoms with van der Waals surface area (Å²) in [7, 11) is 0. The highest BCUT2D eigenvalue weighted by atomic mass is 15.1. The number of fused-ring (bicyclic) bond motifs is 6. The van der Waals surface area contributed by atoms with Crippen molar-refractivity contribution in [3.05, 3.63) is 116 Å². The van der Waals surface area contributed by atoms with Gasteiger partial charge in [-0.25, -0.2) is 15.0 Å². The van der Waals surface area contributed by atoms with E-state index in [9.17, 15) is 0 Å². The second kappa shape index (κ2) is 8.39. The minimum Gasteiger partial charge on any atom is -0.383 e. The highest BCUT2D eigenvalue weighted by Crippen LogP contribution is 2.39. The van der Waals surface area contributed by atoms with Gasteiger partial charge in [0.15, 0.2) is 17.5 Å². The Labute approximate surface area is 208 Å². The van der Waals surface area contributed by atoms with Gasteiger partial charge in [0.1, 0.15) is 0 Å². The first-order valence-corrected chi connectivity index (χ1v) is 11.8. The zero-order valence-electron chi connectivity index (χ0n) is 19.2. The van der Waals surface area contributed by atoms with E-state index in [0.29, 0.717) is 17.5 Å². The maximum atomic E-state index is 4.88. The van der Waals surface area contributed by atoms with Gasteiger partial charge in [-0.15, -0.1) is 0 Å². The number of rotatable bonds is 3. The molecule has 2 aliphatic heterocycles. The molecule has 0 aliphatic carbocycles. The average molecular weight is 462 g/mol. The normalized spacial score (nSPS) is 13.2. The van der Waals surface area contributed by atoms with Crippen LogP contribution in [0.15, 0.2) is 116 Å². The lowest BCUT2D eigenvalue weighted by atomic mass is 9.49. The van der Waals surface area contributed by atoms with E-state index >= 15 is 0 Å². The molecule has 168 valence electrons. The Morgan fingerprint density at radius 3 is 1.92 bits per heavy atom. The fourth-order valence-corrected chi connectivity index (χ4v) is 4.86. The summed E-state index contributed by atoms with van der Waals surface area (Å²) in [5, 5.41) is 0. The molecule has 0 N–H and O–H groups in total. The Hall–Kier alpha value is -4.91. The Morgan fingerprint density at radius 2 is 1.22 bits per heavy atom. The molecule has 0 amide bonds. The molecule has 0 saturated heterocycles. The van der Waals surface area contributed by atoms with Crippen LogP contribution in [0.1, 0.15) is 0 Å². The van der Waals surface area contributed by atoms with Gasteiger partial charge in [-0.1, -0.05) is 48.4 Å². The van der Waals surface area contributed by atoms with E-state index in [4.69, 9.17) is 15.0 Å². The van der Waals surface area contributed by atoms with Crippen LogP contribution in [-0.4, -0.2) is 31.8 Å². The highest BCUT2D eigenvalue weighted by molar-refractivity contribution is 6.83. The van der Waals surface area contributed by atoms with E-state index in [-0.39, 0.29) is 6.85 Å². The van der Waals surface area contributed by atoms with E-state index in [1.54, 1.807) is 24.8 Å². The Bertz CT molecular complexity index is 1590. The van der Waals surface area contributed by atoms with Gasteiger partial charge in [0.25, 0.3) is 0 Å². The summed E-state index contributed by atoms with van der Waals surface area (Å²) in [6, 6.07) is 22.7. The topological polar surface area (TPSA) is 67.7 Å². The average Bonchev–Trinajstić information content (AvgIpc) is 2.98. The predicted molar refractivity (Wildman–Crippen MR) is 143 cm³/mol. The van der Waals surface area contributed by atoms with Gasteiger partial charge >= 0.3 is 6.85 Å². The molecule has 0 bridgehead atoms. The first-order valence-electron chi connectivity index (χ1n) is 11.8. The summed E-state index contributed by atoms with van der Waals surface area (Å²) in [5.74, 6) is 4.07. The molecular weight excluding hydrogens is 443 g/mol. The molecule has 0 unspecified atom stereocenters. The summed E-state index contributed by atoms with van der Waals surface area (Å²) < 4.78 is 0. The molecule has 5 heterocycles. The monoisotopic (exact) mass is 462 g/mol. The first kappa shape index (κ1) is 20.5.